The number of aliphatic hydroxyl groups excluding tert-OH is 1. The Morgan fingerprint density at radius 2 is 1.81 bits per heavy atom. The third kappa shape index (κ3) is 4.95. The number of rotatable bonds is 6. The summed E-state index contributed by atoms with van der Waals surface area (Å²) in [6, 6.07) is 12.4. The van der Waals surface area contributed by atoms with Gasteiger partial charge in [-0.1, -0.05) is 24.3 Å². The lowest BCUT2D eigenvalue weighted by Crippen LogP contribution is -2.31. The number of nitro groups is 1. The third-order valence-electron chi connectivity index (χ3n) is 3.97. The molecule has 0 aliphatic heterocycles. The van der Waals surface area contributed by atoms with E-state index in [0.717, 1.165) is 10.9 Å². The van der Waals surface area contributed by atoms with Gasteiger partial charge in [0.1, 0.15) is 5.39 Å². The van der Waals surface area contributed by atoms with Crippen molar-refractivity contribution in [1.82, 2.24) is 9.88 Å². The topological polar surface area (TPSA) is 91.5 Å². The molecule has 0 saturated heterocycles. The van der Waals surface area contributed by atoms with Crippen molar-refractivity contribution >= 4 is 58.0 Å². The first-order valence-electron chi connectivity index (χ1n) is 8.00. The molecule has 0 saturated carbocycles. The summed E-state index contributed by atoms with van der Waals surface area (Å²) in [5.41, 5.74) is 1.93. The number of non-ortho nitro benzene ring substituents is 1. The third-order valence-corrected chi connectivity index (χ3v) is 3.97. The van der Waals surface area contributed by atoms with Crippen LogP contribution in [-0.2, 0) is 0 Å². The highest BCUT2D eigenvalue weighted by Crippen LogP contribution is 2.36. The van der Waals surface area contributed by atoms with Gasteiger partial charge in [-0.05, 0) is 26.2 Å². The van der Waals surface area contributed by atoms with E-state index in [1.165, 1.54) is 6.07 Å². The van der Waals surface area contributed by atoms with Gasteiger partial charge in [0, 0.05) is 24.5 Å². The number of fused-ring (bicyclic) bond motifs is 2. The SMILES string of the molecule is CN(C)CC(O)CNc1c2ccccc2nc2cccc([N+](=O)[O-])c12.Cl.Cl. The highest BCUT2D eigenvalue weighted by molar-refractivity contribution is 6.11. The molecule has 9 heteroatoms. The van der Waals surface area contributed by atoms with Gasteiger partial charge in [0.2, 0.25) is 0 Å². The molecule has 27 heavy (non-hydrogen) atoms. The van der Waals surface area contributed by atoms with Crippen LogP contribution in [-0.4, -0.2) is 53.2 Å². The summed E-state index contributed by atoms with van der Waals surface area (Å²) in [5, 5.41) is 26.1. The van der Waals surface area contributed by atoms with Gasteiger partial charge in [-0.2, -0.15) is 0 Å². The standard InChI is InChI=1S/C18H20N4O3.2ClH/c1-21(2)11-12(23)10-19-18-13-6-3-4-7-14(13)20-15-8-5-9-16(17(15)18)22(24)25;;/h3-9,12,23H,10-11H2,1-2H3,(H,19,20);2*1H. The largest absolute Gasteiger partial charge is 0.390 e. The van der Waals surface area contributed by atoms with Gasteiger partial charge >= 0.3 is 0 Å². The summed E-state index contributed by atoms with van der Waals surface area (Å²) >= 11 is 0. The Balaban J connectivity index is 0.00000182. The highest BCUT2D eigenvalue weighted by Gasteiger charge is 2.19. The lowest BCUT2D eigenvalue weighted by Gasteiger charge is -2.19. The Kier molecular flexibility index (Phi) is 8.18. The number of likely N-dealkylation sites (N-methyl/N-ethyl adjacent to an activating group) is 1. The minimum atomic E-state index is -0.597. The van der Waals surface area contributed by atoms with E-state index in [0.29, 0.717) is 23.1 Å². The van der Waals surface area contributed by atoms with Crippen molar-refractivity contribution in [1.29, 1.82) is 0 Å². The zero-order valence-corrected chi connectivity index (χ0v) is 16.6. The molecule has 2 N–H and O–H groups in total. The number of hydrogen-bond donors (Lipinski definition) is 2. The molecule has 3 aromatic rings. The number of halogens is 2. The molecule has 2 aromatic carbocycles. The maximum Gasteiger partial charge on any atom is 0.280 e. The number of nitro benzene ring substituents is 1. The average molecular weight is 413 g/mol. The molecular formula is C18H22Cl2N4O3. The fraction of sp³-hybridized carbons (Fsp3) is 0.278. The molecule has 0 radical (unpaired) electrons. The van der Waals surface area contributed by atoms with E-state index in [1.807, 2.05) is 43.3 Å². The number of hydrogen-bond acceptors (Lipinski definition) is 6. The zero-order chi connectivity index (χ0) is 18.0. The second-order valence-corrected chi connectivity index (χ2v) is 6.23. The van der Waals surface area contributed by atoms with Crippen molar-refractivity contribution in [2.24, 2.45) is 0 Å². The Labute approximate surface area is 169 Å². The van der Waals surface area contributed by atoms with E-state index in [1.54, 1.807) is 12.1 Å². The predicted octanol–water partition coefficient (Wildman–Crippen LogP) is 3.47. The van der Waals surface area contributed by atoms with E-state index >= 15 is 0 Å². The summed E-state index contributed by atoms with van der Waals surface area (Å²) in [4.78, 5) is 17.5. The summed E-state index contributed by atoms with van der Waals surface area (Å²) in [5.74, 6) is 0. The van der Waals surface area contributed by atoms with Crippen LogP contribution in [0, 0.1) is 10.1 Å². The molecule has 146 valence electrons. The Bertz CT molecular complexity index is 937. The quantitative estimate of drug-likeness (QED) is 0.365. The smallest absolute Gasteiger partial charge is 0.280 e. The first kappa shape index (κ1) is 22.9. The fourth-order valence-corrected chi connectivity index (χ4v) is 2.97. The Morgan fingerprint density at radius 1 is 1.15 bits per heavy atom. The molecule has 3 rings (SSSR count). The zero-order valence-electron chi connectivity index (χ0n) is 15.0. The number of benzene rings is 2. The molecule has 0 aliphatic rings. The summed E-state index contributed by atoms with van der Waals surface area (Å²) in [6.07, 6.45) is -0.597. The lowest BCUT2D eigenvalue weighted by atomic mass is 10.1. The van der Waals surface area contributed by atoms with Gasteiger partial charge in [-0.15, -0.1) is 24.8 Å². The second kappa shape index (κ2) is 9.66. The first-order valence-corrected chi connectivity index (χ1v) is 8.00. The number of anilines is 1. The van der Waals surface area contributed by atoms with Crippen molar-refractivity contribution in [3.63, 3.8) is 0 Å². The van der Waals surface area contributed by atoms with Crippen LogP contribution in [0.1, 0.15) is 0 Å². The molecular weight excluding hydrogens is 391 g/mol. The highest BCUT2D eigenvalue weighted by atomic mass is 35.5. The first-order chi connectivity index (χ1) is 12.0. The molecule has 0 aliphatic carbocycles. The molecule has 0 fully saturated rings. The van der Waals surface area contributed by atoms with Gasteiger partial charge in [0.15, 0.2) is 0 Å². The van der Waals surface area contributed by atoms with Gasteiger partial charge < -0.3 is 15.3 Å². The maximum absolute atomic E-state index is 11.5. The van der Waals surface area contributed by atoms with Gasteiger partial charge in [-0.25, -0.2) is 4.98 Å². The number of nitrogens with zero attached hydrogens (tertiary/aromatic N) is 3. The maximum atomic E-state index is 11.5. The minimum Gasteiger partial charge on any atom is -0.390 e. The van der Waals surface area contributed by atoms with E-state index < -0.39 is 11.0 Å². The van der Waals surface area contributed by atoms with Gasteiger partial charge in [-0.3, -0.25) is 10.1 Å². The van der Waals surface area contributed by atoms with Crippen LogP contribution in [0.4, 0.5) is 11.4 Å². The van der Waals surface area contributed by atoms with Crippen LogP contribution in [0.25, 0.3) is 21.8 Å². The van der Waals surface area contributed by atoms with E-state index in [4.69, 9.17) is 0 Å². The number of aromatic nitrogens is 1. The normalized spacial score (nSPS) is 11.7. The molecule has 0 spiro atoms. The molecule has 7 nitrogen and oxygen atoms in total. The minimum absolute atomic E-state index is 0. The molecule has 0 bridgehead atoms. The van der Waals surface area contributed by atoms with Crippen molar-refractivity contribution < 1.29 is 10.0 Å². The molecule has 1 heterocycles. The van der Waals surface area contributed by atoms with Crippen LogP contribution >= 0.6 is 24.8 Å². The van der Waals surface area contributed by atoms with Crippen molar-refractivity contribution in [3.05, 3.63) is 52.6 Å². The van der Waals surface area contributed by atoms with E-state index in [9.17, 15) is 15.2 Å². The van der Waals surface area contributed by atoms with Crippen molar-refractivity contribution in [2.45, 2.75) is 6.10 Å². The van der Waals surface area contributed by atoms with E-state index in [-0.39, 0.29) is 37.0 Å². The Morgan fingerprint density at radius 3 is 2.48 bits per heavy atom. The van der Waals surface area contributed by atoms with Gasteiger partial charge in [0.25, 0.3) is 5.69 Å². The van der Waals surface area contributed by atoms with Gasteiger partial charge in [0.05, 0.1) is 27.7 Å². The molecule has 1 atom stereocenters. The summed E-state index contributed by atoms with van der Waals surface area (Å²) in [7, 11) is 3.76. The second-order valence-electron chi connectivity index (χ2n) is 6.23. The monoisotopic (exact) mass is 412 g/mol. The number of nitrogens with one attached hydrogen (secondary N) is 1. The number of aliphatic hydroxyl groups is 1. The molecule has 0 amide bonds. The number of pyridine rings is 1. The molecule has 1 unspecified atom stereocenters. The average Bonchev–Trinajstić information content (AvgIpc) is 2.57. The van der Waals surface area contributed by atoms with E-state index in [2.05, 4.69) is 10.3 Å². The fourth-order valence-electron chi connectivity index (χ4n) is 2.97. The van der Waals surface area contributed by atoms with Crippen LogP contribution < -0.4 is 5.32 Å². The van der Waals surface area contributed by atoms with Crippen LogP contribution in [0.2, 0.25) is 0 Å². The van der Waals surface area contributed by atoms with Crippen LogP contribution in [0.5, 0.6) is 0 Å². The predicted molar refractivity (Wildman–Crippen MR) is 113 cm³/mol. The van der Waals surface area contributed by atoms with Crippen LogP contribution in [0.15, 0.2) is 42.5 Å². The summed E-state index contributed by atoms with van der Waals surface area (Å²) < 4.78 is 0. The van der Waals surface area contributed by atoms with Crippen molar-refractivity contribution in [3.8, 4) is 0 Å². The Hall–Kier alpha value is -2.19. The van der Waals surface area contributed by atoms with Crippen molar-refractivity contribution in [2.75, 3.05) is 32.5 Å². The lowest BCUT2D eigenvalue weighted by molar-refractivity contribution is -0.383. The summed E-state index contributed by atoms with van der Waals surface area (Å²) in [6.45, 7) is 0.781. The number of para-hydroxylation sites is 1. The molecule has 1 aromatic heterocycles. The van der Waals surface area contributed by atoms with Crippen LogP contribution in [0.3, 0.4) is 0 Å².